The molecule has 0 atom stereocenters. The lowest BCUT2D eigenvalue weighted by molar-refractivity contribution is 0.580. The van der Waals surface area contributed by atoms with E-state index in [1.165, 1.54) is 18.5 Å². The Morgan fingerprint density at radius 1 is 1.40 bits per heavy atom. The van der Waals surface area contributed by atoms with Gasteiger partial charge in [-0.25, -0.2) is 13.1 Å². The zero-order chi connectivity index (χ0) is 11.3. The Morgan fingerprint density at radius 2 is 2.13 bits per heavy atom. The largest absolute Gasteiger partial charge is 0.262 e. The average molecular weight is 358 g/mol. The lowest BCUT2D eigenvalue weighted by atomic mass is 10.5. The fourth-order valence-electron chi connectivity index (χ4n) is 0.896. The highest BCUT2D eigenvalue weighted by molar-refractivity contribution is 9.10. The fraction of sp³-hybridized carbons (Fsp3) is 0.375. The summed E-state index contributed by atoms with van der Waals surface area (Å²) in [5.74, 6) is 0. The van der Waals surface area contributed by atoms with E-state index >= 15 is 0 Å². The minimum atomic E-state index is -3.42. The highest BCUT2D eigenvalue weighted by Gasteiger charge is 2.13. The first-order chi connectivity index (χ1) is 7.06. The molecule has 0 aliphatic heterocycles. The van der Waals surface area contributed by atoms with Crippen LogP contribution in [0.5, 0.6) is 0 Å². The summed E-state index contributed by atoms with van der Waals surface area (Å²) in [7, 11) is -3.42. The average Bonchev–Trinajstić information content (AvgIpc) is 2.18. The van der Waals surface area contributed by atoms with Crippen LogP contribution in [0.1, 0.15) is 6.42 Å². The van der Waals surface area contributed by atoms with Crippen molar-refractivity contribution in [2.45, 2.75) is 11.3 Å². The number of rotatable bonds is 5. The topological polar surface area (TPSA) is 59.1 Å². The molecule has 0 unspecified atom stereocenters. The molecule has 0 aromatic carbocycles. The first-order valence-electron chi connectivity index (χ1n) is 4.22. The van der Waals surface area contributed by atoms with Gasteiger partial charge in [0.05, 0.1) is 0 Å². The van der Waals surface area contributed by atoms with Crippen molar-refractivity contribution in [2.75, 3.05) is 11.9 Å². The minimum Gasteiger partial charge on any atom is -0.262 e. The molecule has 4 nitrogen and oxygen atoms in total. The van der Waals surface area contributed by atoms with Gasteiger partial charge >= 0.3 is 0 Å². The van der Waals surface area contributed by atoms with Crippen molar-refractivity contribution in [3.8, 4) is 0 Å². The van der Waals surface area contributed by atoms with Crippen molar-refractivity contribution in [3.05, 3.63) is 22.9 Å². The van der Waals surface area contributed by atoms with Crippen LogP contribution in [0.25, 0.3) is 0 Å². The molecular formula is C8H10Br2N2O2S. The SMILES string of the molecule is O=S(=O)(NCCCBr)c1cncc(Br)c1. The Labute approximate surface area is 106 Å². The number of sulfonamides is 1. The van der Waals surface area contributed by atoms with Gasteiger partial charge in [-0.1, -0.05) is 15.9 Å². The van der Waals surface area contributed by atoms with Crippen LogP contribution in [0.2, 0.25) is 0 Å². The third-order valence-electron chi connectivity index (χ3n) is 1.59. The standard InChI is InChI=1S/C8H10Br2N2O2S/c9-2-1-3-12-15(13,14)8-4-7(10)5-11-6-8/h4-6,12H,1-3H2. The lowest BCUT2D eigenvalue weighted by Crippen LogP contribution is -2.25. The minimum absolute atomic E-state index is 0.173. The Hall–Kier alpha value is 0.0200. The van der Waals surface area contributed by atoms with Gasteiger partial charge in [-0.05, 0) is 28.4 Å². The van der Waals surface area contributed by atoms with E-state index in [2.05, 4.69) is 41.6 Å². The van der Waals surface area contributed by atoms with E-state index in [1.807, 2.05) is 0 Å². The maximum Gasteiger partial charge on any atom is 0.242 e. The molecule has 84 valence electrons. The first-order valence-corrected chi connectivity index (χ1v) is 7.62. The normalized spacial score (nSPS) is 11.6. The van der Waals surface area contributed by atoms with Crippen LogP contribution in [0.3, 0.4) is 0 Å². The van der Waals surface area contributed by atoms with E-state index in [4.69, 9.17) is 0 Å². The predicted molar refractivity (Wildman–Crippen MR) is 65.5 cm³/mol. The third kappa shape index (κ3) is 4.18. The lowest BCUT2D eigenvalue weighted by Gasteiger charge is -2.05. The molecule has 0 fully saturated rings. The van der Waals surface area contributed by atoms with Crippen LogP contribution in [0, 0.1) is 0 Å². The zero-order valence-electron chi connectivity index (χ0n) is 7.78. The van der Waals surface area contributed by atoms with Gasteiger partial charge in [-0.3, -0.25) is 4.98 Å². The maximum atomic E-state index is 11.7. The smallest absolute Gasteiger partial charge is 0.242 e. The van der Waals surface area contributed by atoms with Crippen molar-refractivity contribution in [2.24, 2.45) is 0 Å². The molecule has 7 heteroatoms. The number of aromatic nitrogens is 1. The van der Waals surface area contributed by atoms with Gasteiger partial charge in [0.25, 0.3) is 0 Å². The molecule has 0 bridgehead atoms. The van der Waals surface area contributed by atoms with Crippen molar-refractivity contribution < 1.29 is 8.42 Å². The second-order valence-electron chi connectivity index (χ2n) is 2.78. The number of hydrogen-bond acceptors (Lipinski definition) is 3. The van der Waals surface area contributed by atoms with E-state index in [9.17, 15) is 8.42 Å². The maximum absolute atomic E-state index is 11.7. The van der Waals surface area contributed by atoms with Crippen molar-refractivity contribution in [3.63, 3.8) is 0 Å². The molecule has 1 aromatic rings. The highest BCUT2D eigenvalue weighted by atomic mass is 79.9. The molecular weight excluding hydrogens is 348 g/mol. The molecule has 0 aliphatic rings. The summed E-state index contributed by atoms with van der Waals surface area (Å²) in [5, 5.41) is 0.770. The number of hydrogen-bond donors (Lipinski definition) is 1. The summed E-state index contributed by atoms with van der Waals surface area (Å²) in [5.41, 5.74) is 0. The second-order valence-corrected chi connectivity index (χ2v) is 6.25. The first kappa shape index (κ1) is 13.1. The zero-order valence-corrected chi connectivity index (χ0v) is 11.8. The van der Waals surface area contributed by atoms with E-state index < -0.39 is 10.0 Å². The molecule has 1 rings (SSSR count). The van der Waals surface area contributed by atoms with Crippen LogP contribution in [0.4, 0.5) is 0 Å². The predicted octanol–water partition coefficient (Wildman–Crippen LogP) is 1.91. The monoisotopic (exact) mass is 356 g/mol. The quantitative estimate of drug-likeness (QED) is 0.646. The Balaban J connectivity index is 2.77. The van der Waals surface area contributed by atoms with Crippen LogP contribution < -0.4 is 4.72 Å². The third-order valence-corrected chi connectivity index (χ3v) is 4.02. The molecule has 1 N–H and O–H groups in total. The van der Waals surface area contributed by atoms with E-state index in [0.717, 1.165) is 11.8 Å². The summed E-state index contributed by atoms with van der Waals surface area (Å²) in [6.45, 7) is 0.417. The molecule has 0 aliphatic carbocycles. The molecule has 0 spiro atoms. The molecule has 0 radical (unpaired) electrons. The van der Waals surface area contributed by atoms with Gasteiger partial charge in [-0.2, -0.15) is 0 Å². The Kier molecular flexibility index (Phi) is 5.17. The van der Waals surface area contributed by atoms with Crippen molar-refractivity contribution in [1.82, 2.24) is 9.71 Å². The fourth-order valence-corrected chi connectivity index (χ4v) is 2.75. The number of nitrogens with one attached hydrogen (secondary N) is 1. The van der Waals surface area contributed by atoms with Crippen LogP contribution in [0.15, 0.2) is 27.8 Å². The van der Waals surface area contributed by atoms with Crippen LogP contribution >= 0.6 is 31.9 Å². The van der Waals surface area contributed by atoms with Gasteiger partial charge < -0.3 is 0 Å². The molecule has 1 aromatic heterocycles. The van der Waals surface area contributed by atoms with Crippen LogP contribution in [-0.4, -0.2) is 25.3 Å². The molecule has 0 amide bonds. The summed E-state index contributed by atoms with van der Waals surface area (Å²) >= 11 is 6.40. The molecule has 0 saturated heterocycles. The van der Waals surface area contributed by atoms with Crippen LogP contribution in [-0.2, 0) is 10.0 Å². The second kappa shape index (κ2) is 5.93. The number of pyridine rings is 1. The number of nitrogens with zero attached hydrogens (tertiary/aromatic N) is 1. The van der Waals surface area contributed by atoms with E-state index in [0.29, 0.717) is 11.0 Å². The number of halogens is 2. The summed E-state index contributed by atoms with van der Waals surface area (Å²) in [6.07, 6.45) is 3.61. The molecule has 1 heterocycles. The van der Waals surface area contributed by atoms with Crippen molar-refractivity contribution in [1.29, 1.82) is 0 Å². The van der Waals surface area contributed by atoms with Gasteiger partial charge in [0.1, 0.15) is 4.90 Å². The summed E-state index contributed by atoms with van der Waals surface area (Å²) in [6, 6.07) is 1.52. The summed E-state index contributed by atoms with van der Waals surface area (Å²) in [4.78, 5) is 3.98. The van der Waals surface area contributed by atoms with Gasteiger partial charge in [0.2, 0.25) is 10.0 Å². The van der Waals surface area contributed by atoms with E-state index in [-0.39, 0.29) is 4.90 Å². The highest BCUT2D eigenvalue weighted by Crippen LogP contribution is 2.13. The van der Waals surface area contributed by atoms with Crippen molar-refractivity contribution >= 4 is 41.9 Å². The Morgan fingerprint density at radius 3 is 2.73 bits per heavy atom. The van der Waals surface area contributed by atoms with Gasteiger partial charge in [0, 0.05) is 28.7 Å². The number of alkyl halides is 1. The Bertz CT molecular complexity index is 422. The van der Waals surface area contributed by atoms with E-state index in [1.54, 1.807) is 0 Å². The molecule has 15 heavy (non-hydrogen) atoms. The molecule has 0 saturated carbocycles. The van der Waals surface area contributed by atoms with Gasteiger partial charge in [0.15, 0.2) is 0 Å². The summed E-state index contributed by atoms with van der Waals surface area (Å²) < 4.78 is 26.5. The van der Waals surface area contributed by atoms with Gasteiger partial charge in [-0.15, -0.1) is 0 Å².